The fraction of sp³-hybridized carbons (Fsp3) is 0.952. The molecule has 0 unspecified atom stereocenters. The van der Waals surface area contributed by atoms with Crippen LogP contribution in [0.4, 0.5) is 8.78 Å². The summed E-state index contributed by atoms with van der Waals surface area (Å²) in [6.45, 7) is 3.72. The molecule has 0 aromatic carbocycles. The van der Waals surface area contributed by atoms with Crippen molar-refractivity contribution in [3.05, 3.63) is 0 Å². The van der Waals surface area contributed by atoms with Gasteiger partial charge in [0.15, 0.2) is 0 Å². The number of likely N-dealkylation sites (tertiary alicyclic amines) is 1. The van der Waals surface area contributed by atoms with Crippen molar-refractivity contribution in [3.8, 4) is 0 Å². The van der Waals surface area contributed by atoms with Crippen molar-refractivity contribution in [3.63, 3.8) is 0 Å². The monoisotopic (exact) mass is 374 g/mol. The highest BCUT2D eigenvalue weighted by Crippen LogP contribution is 2.26. The highest BCUT2D eigenvalue weighted by atomic mass is 19.1. The molecule has 26 heavy (non-hydrogen) atoms. The normalized spacial score (nSPS) is 25.3. The molecule has 4 aliphatic rings. The van der Waals surface area contributed by atoms with Gasteiger partial charge < -0.3 is 10.1 Å². The van der Waals surface area contributed by atoms with E-state index < -0.39 is 12.3 Å². The standard InChI is InChI=1S/C10H18FN.C7H12O.C3H6FN.CH4/c11-10-7-12(8-10)6-9-4-2-1-3-5-9;8-6-7-4-2-1-3-5-7;4-3-1-5-2-3;/h9-10H,1-8H2;6-7H,1-5H2;3,5H,1-2H2;1H4. The van der Waals surface area contributed by atoms with Gasteiger partial charge in [-0.2, -0.15) is 0 Å². The lowest BCUT2D eigenvalue weighted by molar-refractivity contribution is -0.111. The van der Waals surface area contributed by atoms with Crippen LogP contribution in [-0.4, -0.2) is 56.3 Å². The first-order chi connectivity index (χ1) is 12.2. The Balaban J connectivity index is 0.000000209. The molecule has 2 heterocycles. The van der Waals surface area contributed by atoms with Crippen molar-refractivity contribution in [2.75, 3.05) is 32.7 Å². The van der Waals surface area contributed by atoms with Crippen LogP contribution in [0.25, 0.3) is 0 Å². The molecule has 154 valence electrons. The van der Waals surface area contributed by atoms with Gasteiger partial charge in [-0.3, -0.25) is 4.90 Å². The molecule has 0 atom stereocenters. The molecule has 0 bridgehead atoms. The zero-order valence-corrected chi connectivity index (χ0v) is 15.6. The van der Waals surface area contributed by atoms with Crippen LogP contribution in [0, 0.1) is 11.8 Å². The van der Waals surface area contributed by atoms with E-state index >= 15 is 0 Å². The highest BCUT2D eigenvalue weighted by Gasteiger charge is 2.28. The third kappa shape index (κ3) is 9.40. The summed E-state index contributed by atoms with van der Waals surface area (Å²) >= 11 is 0. The van der Waals surface area contributed by atoms with E-state index in [0.29, 0.717) is 32.1 Å². The second kappa shape index (κ2) is 13.6. The van der Waals surface area contributed by atoms with Crippen LogP contribution in [0.2, 0.25) is 0 Å². The molecular weight excluding hydrogens is 334 g/mol. The lowest BCUT2D eigenvalue weighted by Crippen LogP contribution is -2.50. The van der Waals surface area contributed by atoms with Crippen LogP contribution >= 0.6 is 0 Å². The average Bonchev–Trinajstić information content (AvgIpc) is 2.61. The first-order valence-corrected chi connectivity index (χ1v) is 10.3. The lowest BCUT2D eigenvalue weighted by atomic mass is 9.88. The van der Waals surface area contributed by atoms with E-state index in [-0.39, 0.29) is 7.43 Å². The van der Waals surface area contributed by atoms with E-state index in [9.17, 15) is 13.6 Å². The Labute approximate surface area is 159 Å². The van der Waals surface area contributed by atoms with Crippen molar-refractivity contribution in [1.29, 1.82) is 0 Å². The minimum Gasteiger partial charge on any atom is -0.311 e. The number of carbonyl (C=O) groups is 1. The first-order valence-electron chi connectivity index (χ1n) is 10.3. The van der Waals surface area contributed by atoms with Gasteiger partial charge in [0.2, 0.25) is 0 Å². The van der Waals surface area contributed by atoms with Crippen molar-refractivity contribution < 1.29 is 13.6 Å². The van der Waals surface area contributed by atoms with Gasteiger partial charge in [0.1, 0.15) is 18.6 Å². The molecule has 4 rings (SSSR count). The van der Waals surface area contributed by atoms with Gasteiger partial charge in [0, 0.05) is 38.6 Å². The summed E-state index contributed by atoms with van der Waals surface area (Å²) in [5.74, 6) is 1.29. The average molecular weight is 375 g/mol. The molecule has 0 radical (unpaired) electrons. The summed E-state index contributed by atoms with van der Waals surface area (Å²) in [5, 5.41) is 2.79. The zero-order valence-electron chi connectivity index (χ0n) is 15.6. The molecule has 2 saturated carbocycles. The lowest BCUT2D eigenvalue weighted by Gasteiger charge is -2.37. The summed E-state index contributed by atoms with van der Waals surface area (Å²) < 4.78 is 23.9. The second-order valence-electron chi connectivity index (χ2n) is 8.11. The number of rotatable bonds is 3. The SMILES string of the molecule is C.FC1CN(CC2CCCCC2)C1.FC1CNC1.O=CC1CCCCC1. The van der Waals surface area contributed by atoms with Gasteiger partial charge in [0.05, 0.1) is 0 Å². The molecule has 0 aromatic heterocycles. The highest BCUT2D eigenvalue weighted by molar-refractivity contribution is 5.53. The smallest absolute Gasteiger partial charge is 0.125 e. The number of carbonyl (C=O) groups excluding carboxylic acids is 1. The van der Waals surface area contributed by atoms with E-state index in [2.05, 4.69) is 10.2 Å². The molecule has 5 heteroatoms. The largest absolute Gasteiger partial charge is 0.311 e. The fourth-order valence-electron chi connectivity index (χ4n) is 3.91. The minimum absolute atomic E-state index is 0. The van der Waals surface area contributed by atoms with Crippen molar-refractivity contribution in [2.45, 2.75) is 84.0 Å². The van der Waals surface area contributed by atoms with Crippen LogP contribution in [0.1, 0.15) is 71.6 Å². The molecule has 1 N–H and O–H groups in total. The van der Waals surface area contributed by atoms with Crippen LogP contribution in [0.3, 0.4) is 0 Å². The molecule has 3 nitrogen and oxygen atoms in total. The molecule has 0 spiro atoms. The fourth-order valence-corrected chi connectivity index (χ4v) is 3.91. The third-order valence-corrected chi connectivity index (χ3v) is 5.73. The molecular formula is C21H40F2N2O. The van der Waals surface area contributed by atoms with Gasteiger partial charge in [-0.25, -0.2) is 8.78 Å². The summed E-state index contributed by atoms with van der Waals surface area (Å²) in [6, 6.07) is 0. The molecule has 2 saturated heterocycles. The zero-order chi connectivity index (χ0) is 17.9. The number of nitrogens with zero attached hydrogens (tertiary/aromatic N) is 1. The van der Waals surface area contributed by atoms with Crippen LogP contribution in [0.15, 0.2) is 0 Å². The second-order valence-corrected chi connectivity index (χ2v) is 8.11. The van der Waals surface area contributed by atoms with Gasteiger partial charge in [-0.05, 0) is 31.6 Å². The number of hydrogen-bond acceptors (Lipinski definition) is 3. The predicted molar refractivity (Wildman–Crippen MR) is 105 cm³/mol. The van der Waals surface area contributed by atoms with Crippen LogP contribution in [0.5, 0.6) is 0 Å². The van der Waals surface area contributed by atoms with Gasteiger partial charge >= 0.3 is 0 Å². The maximum absolute atomic E-state index is 12.5. The number of aldehydes is 1. The van der Waals surface area contributed by atoms with Crippen LogP contribution < -0.4 is 5.32 Å². The van der Waals surface area contributed by atoms with E-state index in [1.54, 1.807) is 0 Å². The summed E-state index contributed by atoms with van der Waals surface area (Å²) in [5.41, 5.74) is 0. The van der Waals surface area contributed by atoms with Gasteiger partial charge in [0.25, 0.3) is 0 Å². The van der Waals surface area contributed by atoms with E-state index in [1.807, 2.05) is 0 Å². The third-order valence-electron chi connectivity index (χ3n) is 5.73. The number of hydrogen-bond donors (Lipinski definition) is 1. The topological polar surface area (TPSA) is 32.3 Å². The Morgan fingerprint density at radius 1 is 0.846 bits per heavy atom. The molecule has 2 aliphatic heterocycles. The number of nitrogens with one attached hydrogen (secondary N) is 1. The minimum atomic E-state index is -0.546. The van der Waals surface area contributed by atoms with E-state index in [0.717, 1.165) is 25.0 Å². The Morgan fingerprint density at radius 2 is 1.35 bits per heavy atom. The van der Waals surface area contributed by atoms with Gasteiger partial charge in [-0.1, -0.05) is 46.0 Å². The number of alkyl halides is 2. The van der Waals surface area contributed by atoms with Crippen molar-refractivity contribution in [1.82, 2.24) is 10.2 Å². The van der Waals surface area contributed by atoms with E-state index in [4.69, 9.17) is 0 Å². The molecule has 2 aliphatic carbocycles. The molecule has 0 aromatic rings. The summed E-state index contributed by atoms with van der Waals surface area (Å²) in [6.07, 6.45) is 13.2. The first kappa shape index (κ1) is 23.5. The predicted octanol–water partition coefficient (Wildman–Crippen LogP) is 4.55. The Hall–Kier alpha value is -0.550. The summed E-state index contributed by atoms with van der Waals surface area (Å²) in [7, 11) is 0. The Morgan fingerprint density at radius 3 is 1.69 bits per heavy atom. The van der Waals surface area contributed by atoms with Crippen LogP contribution in [-0.2, 0) is 4.79 Å². The Bertz CT molecular complexity index is 348. The van der Waals surface area contributed by atoms with Crippen molar-refractivity contribution >= 4 is 6.29 Å². The Kier molecular flexibility index (Phi) is 12.3. The summed E-state index contributed by atoms with van der Waals surface area (Å²) in [4.78, 5) is 12.4. The maximum atomic E-state index is 12.5. The van der Waals surface area contributed by atoms with Crippen molar-refractivity contribution in [2.24, 2.45) is 11.8 Å². The maximum Gasteiger partial charge on any atom is 0.125 e. The quantitative estimate of drug-likeness (QED) is 0.736. The molecule has 4 fully saturated rings. The molecule has 0 amide bonds. The van der Waals surface area contributed by atoms with E-state index in [1.165, 1.54) is 57.9 Å². The van der Waals surface area contributed by atoms with Gasteiger partial charge in [-0.15, -0.1) is 0 Å². The number of halogens is 2.